The normalized spacial score (nSPS) is 10.9. The molecule has 31 heavy (non-hydrogen) atoms. The zero-order chi connectivity index (χ0) is 21.8. The molecule has 2 aromatic rings. The van der Waals surface area contributed by atoms with E-state index < -0.39 is 0 Å². The first-order valence-electron chi connectivity index (χ1n) is 10.2. The minimum atomic E-state index is 0. The number of nitrogens with one attached hydrogen (secondary N) is 2. The lowest BCUT2D eigenvalue weighted by Crippen LogP contribution is -2.36. The molecular formula is C23H34IN3O4. The van der Waals surface area contributed by atoms with Gasteiger partial charge in [-0.25, -0.2) is 4.99 Å². The molecule has 0 spiro atoms. The van der Waals surface area contributed by atoms with Crippen LogP contribution in [0.5, 0.6) is 17.2 Å². The number of phenols is 1. The summed E-state index contributed by atoms with van der Waals surface area (Å²) in [6, 6.07) is 11.5. The van der Waals surface area contributed by atoms with Gasteiger partial charge in [-0.1, -0.05) is 18.2 Å². The molecule has 0 aliphatic heterocycles. The fraction of sp³-hybridized carbons (Fsp3) is 0.435. The largest absolute Gasteiger partial charge is 0.504 e. The van der Waals surface area contributed by atoms with E-state index in [-0.39, 0.29) is 29.7 Å². The number of ether oxygens (including phenoxy) is 3. The molecule has 0 aliphatic rings. The van der Waals surface area contributed by atoms with Crippen LogP contribution in [0.25, 0.3) is 0 Å². The molecular weight excluding hydrogens is 509 g/mol. The third-order valence-corrected chi connectivity index (χ3v) is 4.43. The Kier molecular flexibility index (Phi) is 12.8. The van der Waals surface area contributed by atoms with Crippen molar-refractivity contribution in [3.8, 4) is 17.2 Å². The van der Waals surface area contributed by atoms with Crippen LogP contribution in [0.1, 0.15) is 30.0 Å². The Balaban J connectivity index is 0.00000480. The molecule has 0 saturated heterocycles. The van der Waals surface area contributed by atoms with Crippen LogP contribution in [0.3, 0.4) is 0 Å². The highest BCUT2D eigenvalue weighted by Crippen LogP contribution is 2.26. The summed E-state index contributed by atoms with van der Waals surface area (Å²) < 4.78 is 16.1. The van der Waals surface area contributed by atoms with Crippen LogP contribution in [0.4, 0.5) is 0 Å². The van der Waals surface area contributed by atoms with Gasteiger partial charge in [-0.15, -0.1) is 24.0 Å². The van der Waals surface area contributed by atoms with E-state index in [1.807, 2.05) is 19.1 Å². The molecule has 3 N–H and O–H groups in total. The zero-order valence-corrected chi connectivity index (χ0v) is 21.1. The molecule has 0 heterocycles. The number of benzene rings is 2. The summed E-state index contributed by atoms with van der Waals surface area (Å²) in [5, 5.41) is 16.5. The van der Waals surface area contributed by atoms with Crippen molar-refractivity contribution < 1.29 is 19.3 Å². The Morgan fingerprint density at radius 3 is 2.52 bits per heavy atom. The van der Waals surface area contributed by atoms with Crippen LogP contribution in [0.15, 0.2) is 41.4 Å². The third kappa shape index (κ3) is 9.22. The maximum atomic E-state index is 9.94. The highest BCUT2D eigenvalue weighted by molar-refractivity contribution is 14.0. The molecule has 0 aliphatic carbocycles. The highest BCUT2D eigenvalue weighted by atomic mass is 127. The smallest absolute Gasteiger partial charge is 0.191 e. The molecule has 0 amide bonds. The molecule has 0 atom stereocenters. The maximum absolute atomic E-state index is 9.94. The van der Waals surface area contributed by atoms with E-state index in [1.54, 1.807) is 19.2 Å². The summed E-state index contributed by atoms with van der Waals surface area (Å²) in [4.78, 5) is 4.61. The van der Waals surface area contributed by atoms with Crippen LogP contribution < -0.4 is 20.1 Å². The van der Waals surface area contributed by atoms with Gasteiger partial charge in [-0.3, -0.25) is 0 Å². The molecule has 0 aromatic heterocycles. The average Bonchev–Trinajstić information content (AvgIpc) is 2.74. The first-order valence-corrected chi connectivity index (χ1v) is 10.2. The lowest BCUT2D eigenvalue weighted by molar-refractivity contribution is 0.171. The van der Waals surface area contributed by atoms with Crippen molar-refractivity contribution in [3.05, 3.63) is 53.1 Å². The zero-order valence-electron chi connectivity index (χ0n) is 18.7. The van der Waals surface area contributed by atoms with Gasteiger partial charge in [0.05, 0.1) is 20.3 Å². The van der Waals surface area contributed by atoms with Crippen molar-refractivity contribution in [2.75, 3.05) is 34.0 Å². The number of aromatic hydroxyl groups is 1. The van der Waals surface area contributed by atoms with Gasteiger partial charge >= 0.3 is 0 Å². The second-order valence-electron chi connectivity index (χ2n) is 6.86. The monoisotopic (exact) mass is 543 g/mol. The molecule has 7 nitrogen and oxygen atoms in total. The van der Waals surface area contributed by atoms with Crippen LogP contribution in [0.2, 0.25) is 0 Å². The lowest BCUT2D eigenvalue weighted by Gasteiger charge is -2.15. The number of aliphatic imine (C=N–C) groups is 1. The molecule has 0 fully saturated rings. The van der Waals surface area contributed by atoms with E-state index >= 15 is 0 Å². The second-order valence-corrected chi connectivity index (χ2v) is 6.86. The quantitative estimate of drug-likeness (QED) is 0.172. The van der Waals surface area contributed by atoms with E-state index in [9.17, 15) is 5.11 Å². The maximum Gasteiger partial charge on any atom is 0.191 e. The summed E-state index contributed by atoms with van der Waals surface area (Å²) in [6.45, 7) is 7.12. The number of halogens is 1. The Morgan fingerprint density at radius 1 is 1.03 bits per heavy atom. The van der Waals surface area contributed by atoms with Crippen LogP contribution >= 0.6 is 24.0 Å². The standard InChI is InChI=1S/C23H33N3O4.HI/c1-5-24-23(25-15-18-8-10-21(29-4)20(27)14-18)26-16-19-9-7-17(2)13-22(19)30-12-6-11-28-3;/h7-10,13-14,27H,5-6,11-12,15-16H2,1-4H3,(H2,24,25,26);1H. The fourth-order valence-corrected chi connectivity index (χ4v) is 2.85. The molecule has 0 unspecified atom stereocenters. The summed E-state index contributed by atoms with van der Waals surface area (Å²) >= 11 is 0. The summed E-state index contributed by atoms with van der Waals surface area (Å²) in [7, 11) is 3.22. The number of guanidine groups is 1. The highest BCUT2D eigenvalue weighted by Gasteiger charge is 2.07. The van der Waals surface area contributed by atoms with Crippen molar-refractivity contribution >= 4 is 29.9 Å². The predicted molar refractivity (Wildman–Crippen MR) is 135 cm³/mol. The first kappa shape index (κ1) is 26.8. The van der Waals surface area contributed by atoms with Gasteiger partial charge in [0.25, 0.3) is 0 Å². The Morgan fingerprint density at radius 2 is 1.84 bits per heavy atom. The molecule has 2 rings (SSSR count). The molecule has 172 valence electrons. The van der Waals surface area contributed by atoms with Gasteiger partial charge in [0.15, 0.2) is 17.5 Å². The molecule has 0 saturated carbocycles. The average molecular weight is 543 g/mol. The van der Waals surface area contributed by atoms with Crippen LogP contribution in [0, 0.1) is 6.92 Å². The van der Waals surface area contributed by atoms with Crippen molar-refractivity contribution in [1.82, 2.24) is 10.6 Å². The predicted octanol–water partition coefficient (Wildman–Crippen LogP) is 4.00. The van der Waals surface area contributed by atoms with Crippen LogP contribution in [-0.2, 0) is 17.8 Å². The summed E-state index contributed by atoms with van der Waals surface area (Å²) in [5.41, 5.74) is 3.11. The Hall–Kier alpha value is -2.20. The fourth-order valence-electron chi connectivity index (χ4n) is 2.85. The SMILES string of the molecule is CCNC(=NCc1ccc(OC)c(O)c1)NCc1ccc(C)cc1OCCCOC.I. The minimum absolute atomic E-state index is 0. The van der Waals surface area contributed by atoms with Gasteiger partial charge in [0, 0.05) is 38.8 Å². The number of rotatable bonds is 11. The van der Waals surface area contributed by atoms with E-state index in [0.717, 1.165) is 35.4 Å². The van der Waals surface area contributed by atoms with E-state index in [4.69, 9.17) is 14.2 Å². The number of aryl methyl sites for hydroxylation is 1. The Labute approximate surface area is 202 Å². The van der Waals surface area contributed by atoms with Gasteiger partial charge in [-0.2, -0.15) is 0 Å². The Bertz CT molecular complexity index is 830. The van der Waals surface area contributed by atoms with Crippen LogP contribution in [-0.4, -0.2) is 45.0 Å². The van der Waals surface area contributed by atoms with Gasteiger partial charge in [0.2, 0.25) is 0 Å². The second kappa shape index (κ2) is 14.7. The number of methoxy groups -OCH3 is 2. The van der Waals surface area contributed by atoms with Gasteiger partial charge in [0.1, 0.15) is 5.75 Å². The topological polar surface area (TPSA) is 84.3 Å². The van der Waals surface area contributed by atoms with Crippen molar-refractivity contribution in [2.24, 2.45) is 4.99 Å². The molecule has 8 heteroatoms. The molecule has 2 aromatic carbocycles. The number of hydrogen-bond donors (Lipinski definition) is 3. The summed E-state index contributed by atoms with van der Waals surface area (Å²) in [5.74, 6) is 2.12. The van der Waals surface area contributed by atoms with E-state index in [2.05, 4.69) is 34.7 Å². The van der Waals surface area contributed by atoms with E-state index in [1.165, 1.54) is 7.11 Å². The molecule has 0 radical (unpaired) electrons. The van der Waals surface area contributed by atoms with Gasteiger partial charge in [-0.05, 0) is 43.2 Å². The first-order chi connectivity index (χ1) is 14.6. The van der Waals surface area contributed by atoms with E-state index in [0.29, 0.717) is 38.0 Å². The number of phenolic OH excluding ortho intramolecular Hbond substituents is 1. The van der Waals surface area contributed by atoms with Crippen molar-refractivity contribution in [2.45, 2.75) is 33.4 Å². The third-order valence-electron chi connectivity index (χ3n) is 4.43. The minimum Gasteiger partial charge on any atom is -0.504 e. The van der Waals surface area contributed by atoms with Gasteiger partial charge < -0.3 is 30.0 Å². The summed E-state index contributed by atoms with van der Waals surface area (Å²) in [6.07, 6.45) is 0.843. The number of hydrogen-bond acceptors (Lipinski definition) is 5. The number of nitrogens with zero attached hydrogens (tertiary/aromatic N) is 1. The van der Waals surface area contributed by atoms with Crippen molar-refractivity contribution in [3.63, 3.8) is 0 Å². The lowest BCUT2D eigenvalue weighted by atomic mass is 10.1. The van der Waals surface area contributed by atoms with Crippen molar-refractivity contribution in [1.29, 1.82) is 0 Å². The molecule has 0 bridgehead atoms.